The van der Waals surface area contributed by atoms with Crippen LogP contribution < -0.4 is 0 Å². The number of hydrogen-bond acceptors (Lipinski definition) is 6. The maximum absolute atomic E-state index is 13.2. The zero-order valence-electron chi connectivity index (χ0n) is 21.7. The monoisotopic (exact) mass is 742 g/mol. The molecule has 0 unspecified atom stereocenters. The van der Waals surface area contributed by atoms with E-state index < -0.39 is 30.1 Å². The summed E-state index contributed by atoms with van der Waals surface area (Å²) in [6.07, 6.45) is -1.39. The van der Waals surface area contributed by atoms with Crippen LogP contribution in [0.5, 0.6) is 0 Å². The molecule has 0 aromatic heterocycles. The van der Waals surface area contributed by atoms with Crippen LogP contribution >= 0.6 is 47.8 Å². The fourth-order valence-electron chi connectivity index (χ4n) is 3.94. The van der Waals surface area contributed by atoms with Crippen LogP contribution in [0, 0.1) is 0 Å². The lowest BCUT2D eigenvalue weighted by Crippen LogP contribution is -2.38. The SMILES string of the molecule is O=C(OCC[C@H](OC(=O)c1ccc(Br)cc1)[C@@H](Cc1ccccc1)OC(=O)c1ccc(Br)cc1)c1ccc(Br)cc1. The molecule has 6 nitrogen and oxygen atoms in total. The fourth-order valence-corrected chi connectivity index (χ4v) is 4.73. The van der Waals surface area contributed by atoms with Crippen molar-refractivity contribution in [2.24, 2.45) is 0 Å². The molecular formula is C32H25Br3O6. The lowest BCUT2D eigenvalue weighted by Gasteiger charge is -2.27. The van der Waals surface area contributed by atoms with Gasteiger partial charge in [0.05, 0.1) is 23.3 Å². The molecule has 0 aliphatic carbocycles. The van der Waals surface area contributed by atoms with E-state index in [2.05, 4.69) is 47.8 Å². The van der Waals surface area contributed by atoms with E-state index in [0.29, 0.717) is 16.7 Å². The Balaban J connectivity index is 1.57. The van der Waals surface area contributed by atoms with Gasteiger partial charge in [0.15, 0.2) is 0 Å². The van der Waals surface area contributed by atoms with Crippen molar-refractivity contribution in [3.63, 3.8) is 0 Å². The van der Waals surface area contributed by atoms with Crippen molar-refractivity contribution >= 4 is 65.7 Å². The number of benzene rings is 4. The number of rotatable bonds is 11. The number of ether oxygens (including phenoxy) is 3. The van der Waals surface area contributed by atoms with Crippen molar-refractivity contribution < 1.29 is 28.6 Å². The summed E-state index contributed by atoms with van der Waals surface area (Å²) in [5.74, 6) is -1.66. The van der Waals surface area contributed by atoms with Gasteiger partial charge < -0.3 is 14.2 Å². The van der Waals surface area contributed by atoms with Crippen molar-refractivity contribution in [2.45, 2.75) is 25.0 Å². The molecule has 41 heavy (non-hydrogen) atoms. The molecule has 4 aromatic rings. The average molecular weight is 745 g/mol. The zero-order valence-corrected chi connectivity index (χ0v) is 26.4. The minimum atomic E-state index is -0.913. The summed E-state index contributed by atoms with van der Waals surface area (Å²) in [4.78, 5) is 39.0. The summed E-state index contributed by atoms with van der Waals surface area (Å²) in [5, 5.41) is 0. The third-order valence-corrected chi connectivity index (χ3v) is 7.67. The maximum atomic E-state index is 13.2. The standard InChI is InChI=1S/C32H25Br3O6/c33-25-12-6-22(7-13-25)30(36)39-19-18-28(40-31(37)23-8-14-26(34)15-9-23)29(20-21-4-2-1-3-5-21)41-32(38)24-10-16-27(35)17-11-24/h1-17,28-29H,18-20H2/t28-,29+/m0/s1. The normalized spacial score (nSPS) is 12.2. The van der Waals surface area contributed by atoms with Gasteiger partial charge in [0.1, 0.15) is 12.2 Å². The van der Waals surface area contributed by atoms with Crippen LogP contribution in [0.25, 0.3) is 0 Å². The molecule has 0 saturated heterocycles. The Bertz CT molecular complexity index is 1460. The minimum absolute atomic E-state index is 0.0612. The number of carbonyl (C=O) groups excluding carboxylic acids is 3. The van der Waals surface area contributed by atoms with E-state index in [1.54, 1.807) is 72.8 Å². The van der Waals surface area contributed by atoms with Gasteiger partial charge in [-0.2, -0.15) is 0 Å². The van der Waals surface area contributed by atoms with E-state index in [4.69, 9.17) is 14.2 Å². The average Bonchev–Trinajstić information content (AvgIpc) is 2.97. The van der Waals surface area contributed by atoms with Gasteiger partial charge in [-0.15, -0.1) is 0 Å². The molecule has 0 aliphatic rings. The molecule has 0 bridgehead atoms. The molecule has 0 radical (unpaired) electrons. The highest BCUT2D eigenvalue weighted by atomic mass is 79.9. The van der Waals surface area contributed by atoms with Crippen LogP contribution in [-0.2, 0) is 20.6 Å². The third kappa shape index (κ3) is 9.38. The smallest absolute Gasteiger partial charge is 0.338 e. The van der Waals surface area contributed by atoms with E-state index in [9.17, 15) is 14.4 Å². The van der Waals surface area contributed by atoms with Gasteiger partial charge in [0.2, 0.25) is 0 Å². The molecule has 4 aromatic carbocycles. The molecule has 9 heteroatoms. The molecule has 0 N–H and O–H groups in total. The van der Waals surface area contributed by atoms with E-state index in [-0.39, 0.29) is 19.4 Å². The van der Waals surface area contributed by atoms with Gasteiger partial charge in [-0.1, -0.05) is 78.1 Å². The molecule has 2 atom stereocenters. The predicted octanol–water partition coefficient (Wildman–Crippen LogP) is 8.21. The summed E-state index contributed by atoms with van der Waals surface area (Å²) in [6, 6.07) is 29.8. The second-order valence-corrected chi connectivity index (χ2v) is 11.8. The summed E-state index contributed by atoms with van der Waals surface area (Å²) >= 11 is 10.1. The minimum Gasteiger partial charge on any atom is -0.462 e. The molecule has 0 heterocycles. The first-order valence-corrected chi connectivity index (χ1v) is 15.1. The molecule has 0 spiro atoms. The third-order valence-electron chi connectivity index (χ3n) is 6.09. The van der Waals surface area contributed by atoms with E-state index in [1.165, 1.54) is 0 Å². The molecule has 0 aliphatic heterocycles. The van der Waals surface area contributed by atoms with Crippen LogP contribution in [-0.4, -0.2) is 36.7 Å². The van der Waals surface area contributed by atoms with Gasteiger partial charge in [0.25, 0.3) is 0 Å². The first-order chi connectivity index (χ1) is 19.8. The zero-order chi connectivity index (χ0) is 29.2. The summed E-state index contributed by atoms with van der Waals surface area (Å²) < 4.78 is 19.9. The summed E-state index contributed by atoms with van der Waals surface area (Å²) in [6.45, 7) is -0.0612. The van der Waals surface area contributed by atoms with Crippen molar-refractivity contribution in [2.75, 3.05) is 6.61 Å². The predicted molar refractivity (Wildman–Crippen MR) is 166 cm³/mol. The number of halogens is 3. The Morgan fingerprint density at radius 1 is 0.537 bits per heavy atom. The van der Waals surface area contributed by atoms with E-state index >= 15 is 0 Å². The molecule has 210 valence electrons. The van der Waals surface area contributed by atoms with Crippen molar-refractivity contribution in [3.05, 3.63) is 139 Å². The van der Waals surface area contributed by atoms with Crippen LogP contribution in [0.2, 0.25) is 0 Å². The summed E-state index contributed by atoms with van der Waals surface area (Å²) in [5.41, 5.74) is 1.96. The Morgan fingerprint density at radius 2 is 0.951 bits per heavy atom. The van der Waals surface area contributed by atoms with E-state index in [1.807, 2.05) is 30.3 Å². The first kappa shape index (κ1) is 30.7. The van der Waals surface area contributed by atoms with Crippen molar-refractivity contribution in [1.82, 2.24) is 0 Å². The highest BCUT2D eigenvalue weighted by Gasteiger charge is 2.30. The Labute approximate surface area is 263 Å². The molecule has 0 fully saturated rings. The van der Waals surface area contributed by atoms with Crippen LogP contribution in [0.4, 0.5) is 0 Å². The summed E-state index contributed by atoms with van der Waals surface area (Å²) in [7, 11) is 0. The molecule has 4 rings (SSSR count). The van der Waals surface area contributed by atoms with Crippen molar-refractivity contribution in [3.8, 4) is 0 Å². The van der Waals surface area contributed by atoms with Gasteiger partial charge in [-0.05, 0) is 78.4 Å². The molecular weight excluding hydrogens is 720 g/mol. The highest BCUT2D eigenvalue weighted by Crippen LogP contribution is 2.21. The highest BCUT2D eigenvalue weighted by molar-refractivity contribution is 9.11. The largest absolute Gasteiger partial charge is 0.462 e. The van der Waals surface area contributed by atoms with Gasteiger partial charge in [0, 0.05) is 26.3 Å². The Kier molecular flexibility index (Phi) is 11.3. The number of carbonyl (C=O) groups is 3. The molecule has 0 amide bonds. The second-order valence-electron chi connectivity index (χ2n) is 9.02. The van der Waals surface area contributed by atoms with Crippen LogP contribution in [0.15, 0.2) is 117 Å². The van der Waals surface area contributed by atoms with Gasteiger partial charge in [-0.25, -0.2) is 14.4 Å². The van der Waals surface area contributed by atoms with Gasteiger partial charge in [-0.3, -0.25) is 0 Å². The van der Waals surface area contributed by atoms with Crippen LogP contribution in [0.3, 0.4) is 0 Å². The van der Waals surface area contributed by atoms with Crippen LogP contribution in [0.1, 0.15) is 43.1 Å². The Hall–Kier alpha value is -3.27. The maximum Gasteiger partial charge on any atom is 0.338 e. The lowest BCUT2D eigenvalue weighted by atomic mass is 10.0. The first-order valence-electron chi connectivity index (χ1n) is 12.7. The second kappa shape index (κ2) is 15.1. The fraction of sp³-hybridized carbons (Fsp3) is 0.156. The topological polar surface area (TPSA) is 78.9 Å². The quantitative estimate of drug-likeness (QED) is 0.114. The number of hydrogen-bond donors (Lipinski definition) is 0. The van der Waals surface area contributed by atoms with Gasteiger partial charge >= 0.3 is 17.9 Å². The molecule has 0 saturated carbocycles. The van der Waals surface area contributed by atoms with E-state index in [0.717, 1.165) is 19.0 Å². The Morgan fingerprint density at radius 3 is 1.41 bits per heavy atom. The number of esters is 3. The lowest BCUT2D eigenvalue weighted by molar-refractivity contribution is -0.0439. The van der Waals surface area contributed by atoms with Crippen molar-refractivity contribution in [1.29, 1.82) is 0 Å².